The molecule has 1 N–H and O–H groups in total. The number of benzene rings is 2. The number of carbonyl (C=O) groups excluding carboxylic acids is 2. The monoisotopic (exact) mass is 380 g/mol. The van der Waals surface area contributed by atoms with Gasteiger partial charge in [0.15, 0.2) is 0 Å². The van der Waals surface area contributed by atoms with Crippen molar-refractivity contribution in [3.05, 3.63) is 48.0 Å². The number of amides is 2. The Morgan fingerprint density at radius 2 is 1.86 bits per heavy atom. The summed E-state index contributed by atoms with van der Waals surface area (Å²) in [5.74, 6) is 0.493. The molecule has 0 radical (unpaired) electrons. The molecule has 2 amide bonds. The molecule has 6 nitrogen and oxygen atoms in total. The molecule has 0 aromatic heterocycles. The topological polar surface area (TPSA) is 67.9 Å². The van der Waals surface area contributed by atoms with Crippen molar-refractivity contribution in [1.29, 1.82) is 0 Å². The number of carbonyl (C=O) groups is 2. The minimum Gasteiger partial charge on any atom is -0.497 e. The predicted octanol–water partition coefficient (Wildman–Crippen LogP) is 3.26. The Balaban J connectivity index is 1.44. The molecule has 6 heteroatoms. The van der Waals surface area contributed by atoms with Gasteiger partial charge in [0.05, 0.1) is 31.7 Å². The Labute approximate surface area is 164 Å². The summed E-state index contributed by atoms with van der Waals surface area (Å²) < 4.78 is 10.5. The zero-order chi connectivity index (χ0) is 19.8. The van der Waals surface area contributed by atoms with E-state index in [2.05, 4.69) is 18.3 Å². The van der Waals surface area contributed by atoms with Crippen LogP contribution in [0.3, 0.4) is 0 Å². The third kappa shape index (κ3) is 3.19. The molecule has 0 spiro atoms. The molecule has 28 heavy (non-hydrogen) atoms. The molecule has 2 aromatic carbocycles. The van der Waals surface area contributed by atoms with Gasteiger partial charge in [-0.15, -0.1) is 0 Å². The highest BCUT2D eigenvalue weighted by molar-refractivity contribution is 6.05. The first kappa shape index (κ1) is 18.3. The average molecular weight is 380 g/mol. The van der Waals surface area contributed by atoms with E-state index in [0.29, 0.717) is 23.6 Å². The zero-order valence-corrected chi connectivity index (χ0v) is 16.3. The minimum absolute atomic E-state index is 0.0410. The summed E-state index contributed by atoms with van der Waals surface area (Å²) in [4.78, 5) is 27.6. The van der Waals surface area contributed by atoms with Crippen molar-refractivity contribution in [3.63, 3.8) is 0 Å². The van der Waals surface area contributed by atoms with Crippen LogP contribution in [-0.4, -0.2) is 32.1 Å². The van der Waals surface area contributed by atoms with E-state index < -0.39 is 0 Å². The van der Waals surface area contributed by atoms with Gasteiger partial charge in [-0.1, -0.05) is 18.2 Å². The molecular weight excluding hydrogens is 356 g/mol. The first-order valence-electron chi connectivity index (χ1n) is 9.47. The summed E-state index contributed by atoms with van der Waals surface area (Å²) in [5, 5.41) is 2.89. The van der Waals surface area contributed by atoms with E-state index in [9.17, 15) is 9.59 Å². The second-order valence-corrected chi connectivity index (χ2v) is 7.39. The van der Waals surface area contributed by atoms with E-state index in [0.717, 1.165) is 12.1 Å². The number of anilines is 2. The Hall–Kier alpha value is -3.02. The molecule has 1 fully saturated rings. The minimum atomic E-state index is -0.306. The summed E-state index contributed by atoms with van der Waals surface area (Å²) in [5.41, 5.74) is 2.74. The summed E-state index contributed by atoms with van der Waals surface area (Å²) in [6, 6.07) is 13.3. The molecule has 2 aromatic rings. The van der Waals surface area contributed by atoms with E-state index >= 15 is 0 Å². The quantitative estimate of drug-likeness (QED) is 0.865. The van der Waals surface area contributed by atoms with Crippen LogP contribution in [0.1, 0.15) is 18.9 Å². The highest BCUT2D eigenvalue weighted by Gasteiger charge is 2.51. The Kier molecular flexibility index (Phi) is 4.71. The van der Waals surface area contributed by atoms with Gasteiger partial charge in [0.2, 0.25) is 11.8 Å². The standard InChI is InChI=1S/C22H24N2O4/c1-13-10-14-6-4-5-7-19(14)24(13)22(26)17-12-16(17)21(25)23-18-9-8-15(27-2)11-20(18)28-3/h4-9,11,13,16-17H,10,12H2,1-3H3,(H,23,25). The van der Waals surface area contributed by atoms with E-state index in [1.54, 1.807) is 32.4 Å². The fourth-order valence-corrected chi connectivity index (χ4v) is 3.96. The second kappa shape index (κ2) is 7.19. The molecular formula is C22H24N2O4. The fraction of sp³-hybridized carbons (Fsp3) is 0.364. The first-order chi connectivity index (χ1) is 13.5. The van der Waals surface area contributed by atoms with Crippen LogP contribution >= 0.6 is 0 Å². The number of hydrogen-bond donors (Lipinski definition) is 1. The van der Waals surface area contributed by atoms with Gasteiger partial charge in [0, 0.05) is 17.8 Å². The van der Waals surface area contributed by atoms with Crippen LogP contribution in [0.2, 0.25) is 0 Å². The van der Waals surface area contributed by atoms with E-state index in [1.807, 2.05) is 23.1 Å². The highest BCUT2D eigenvalue weighted by atomic mass is 16.5. The van der Waals surface area contributed by atoms with Crippen molar-refractivity contribution in [1.82, 2.24) is 0 Å². The Morgan fingerprint density at radius 3 is 2.61 bits per heavy atom. The van der Waals surface area contributed by atoms with Crippen LogP contribution in [-0.2, 0) is 16.0 Å². The number of para-hydroxylation sites is 1. The van der Waals surface area contributed by atoms with Crippen LogP contribution in [0.5, 0.6) is 11.5 Å². The predicted molar refractivity (Wildman–Crippen MR) is 107 cm³/mol. The van der Waals surface area contributed by atoms with Gasteiger partial charge in [0.25, 0.3) is 0 Å². The van der Waals surface area contributed by atoms with Gasteiger partial charge >= 0.3 is 0 Å². The molecule has 1 heterocycles. The summed E-state index contributed by atoms with van der Waals surface area (Å²) in [7, 11) is 3.12. The first-order valence-corrected chi connectivity index (χ1v) is 9.47. The Bertz CT molecular complexity index is 927. The fourth-order valence-electron chi connectivity index (χ4n) is 3.96. The van der Waals surface area contributed by atoms with Crippen LogP contribution < -0.4 is 19.7 Å². The molecule has 1 saturated carbocycles. The summed E-state index contributed by atoms with van der Waals surface area (Å²) in [6.45, 7) is 2.05. The lowest BCUT2D eigenvalue weighted by molar-refractivity contribution is -0.123. The lowest BCUT2D eigenvalue weighted by Gasteiger charge is -2.23. The number of nitrogens with zero attached hydrogens (tertiary/aromatic N) is 1. The smallest absolute Gasteiger partial charge is 0.231 e. The average Bonchev–Trinajstić information content (AvgIpc) is 3.44. The van der Waals surface area contributed by atoms with E-state index in [1.165, 1.54) is 5.56 Å². The maximum atomic E-state index is 13.1. The van der Waals surface area contributed by atoms with E-state index in [4.69, 9.17) is 9.47 Å². The summed E-state index contributed by atoms with van der Waals surface area (Å²) >= 11 is 0. The van der Waals surface area contributed by atoms with Crippen LogP contribution in [0.15, 0.2) is 42.5 Å². The molecule has 3 atom stereocenters. The summed E-state index contributed by atoms with van der Waals surface area (Å²) in [6.07, 6.45) is 1.43. The van der Waals surface area contributed by atoms with Crippen LogP contribution in [0.4, 0.5) is 11.4 Å². The largest absolute Gasteiger partial charge is 0.497 e. The highest BCUT2D eigenvalue weighted by Crippen LogP contribution is 2.44. The van der Waals surface area contributed by atoms with Crippen molar-refractivity contribution >= 4 is 23.2 Å². The lowest BCUT2D eigenvalue weighted by Crippen LogP contribution is -2.37. The van der Waals surface area contributed by atoms with Crippen LogP contribution in [0.25, 0.3) is 0 Å². The SMILES string of the molecule is COc1ccc(NC(=O)C2CC2C(=O)N2c3ccccc3CC2C)c(OC)c1. The normalized spacial score (nSPS) is 22.4. The Morgan fingerprint density at radius 1 is 1.07 bits per heavy atom. The maximum Gasteiger partial charge on any atom is 0.231 e. The molecule has 1 aliphatic heterocycles. The molecule has 4 rings (SSSR count). The van der Waals surface area contributed by atoms with Gasteiger partial charge in [-0.2, -0.15) is 0 Å². The number of ether oxygens (including phenoxy) is 2. The van der Waals surface area contributed by atoms with Gasteiger partial charge in [-0.05, 0) is 43.5 Å². The molecule has 3 unspecified atom stereocenters. The van der Waals surface area contributed by atoms with Crippen molar-refractivity contribution in [3.8, 4) is 11.5 Å². The van der Waals surface area contributed by atoms with Crippen molar-refractivity contribution in [2.24, 2.45) is 11.8 Å². The second-order valence-electron chi connectivity index (χ2n) is 7.39. The number of hydrogen-bond acceptors (Lipinski definition) is 4. The molecule has 1 aliphatic carbocycles. The van der Waals surface area contributed by atoms with E-state index in [-0.39, 0.29) is 29.7 Å². The van der Waals surface area contributed by atoms with Crippen molar-refractivity contribution < 1.29 is 19.1 Å². The zero-order valence-electron chi connectivity index (χ0n) is 16.3. The number of nitrogens with one attached hydrogen (secondary N) is 1. The lowest BCUT2D eigenvalue weighted by atomic mass is 10.1. The van der Waals surface area contributed by atoms with Gasteiger partial charge in [-0.25, -0.2) is 0 Å². The van der Waals surface area contributed by atoms with Gasteiger partial charge in [-0.3, -0.25) is 9.59 Å². The molecule has 146 valence electrons. The third-order valence-electron chi connectivity index (χ3n) is 5.56. The number of methoxy groups -OCH3 is 2. The number of rotatable bonds is 5. The molecule has 0 saturated heterocycles. The maximum absolute atomic E-state index is 13.1. The third-order valence-corrected chi connectivity index (χ3v) is 5.56. The van der Waals surface area contributed by atoms with Crippen molar-refractivity contribution in [2.45, 2.75) is 25.8 Å². The van der Waals surface area contributed by atoms with Gasteiger partial charge < -0.3 is 19.7 Å². The van der Waals surface area contributed by atoms with Gasteiger partial charge in [0.1, 0.15) is 11.5 Å². The molecule has 2 aliphatic rings. The van der Waals surface area contributed by atoms with Crippen LogP contribution in [0, 0.1) is 11.8 Å². The molecule has 0 bridgehead atoms. The van der Waals surface area contributed by atoms with Crippen molar-refractivity contribution in [2.75, 3.05) is 24.4 Å². The number of fused-ring (bicyclic) bond motifs is 1.